The molecule has 68 valence electrons. The molecule has 0 heterocycles. The molecule has 0 unspecified atom stereocenters. The predicted molar refractivity (Wildman–Crippen MR) is 46.4 cm³/mol. The molecule has 12 heavy (non-hydrogen) atoms. The summed E-state index contributed by atoms with van der Waals surface area (Å²) in [5.74, 6) is -0.0565. The Bertz CT molecular complexity index is 172. The van der Waals surface area contributed by atoms with E-state index in [0.29, 0.717) is 25.6 Å². The summed E-state index contributed by atoms with van der Waals surface area (Å²) in [6.07, 6.45) is 0.368. The summed E-state index contributed by atoms with van der Waals surface area (Å²) in [6.45, 7) is 4.71. The minimum atomic E-state index is -0.0565. The lowest BCUT2D eigenvalue weighted by atomic mass is 10.4. The second-order valence-electron chi connectivity index (χ2n) is 2.79. The zero-order valence-corrected chi connectivity index (χ0v) is 7.55. The number of hydrogen-bond acceptors (Lipinski definition) is 3. The van der Waals surface area contributed by atoms with E-state index >= 15 is 0 Å². The Morgan fingerprint density at radius 3 is 2.75 bits per heavy atom. The number of rotatable bonds is 5. The fraction of sp³-hybridized carbons (Fsp3) is 0.750. The normalized spacial score (nSPS) is 9.50. The lowest BCUT2D eigenvalue weighted by Gasteiger charge is -2.07. The molecule has 0 fully saturated rings. The fourth-order valence-corrected chi connectivity index (χ4v) is 0.617. The molecule has 0 aliphatic rings. The van der Waals surface area contributed by atoms with E-state index in [1.54, 1.807) is 0 Å². The molecule has 0 saturated carbocycles. The van der Waals surface area contributed by atoms with Gasteiger partial charge in [0.25, 0.3) is 0 Å². The smallest absolute Gasteiger partial charge is 0.233 e. The van der Waals surface area contributed by atoms with Crippen LogP contribution in [0.1, 0.15) is 20.3 Å². The summed E-state index contributed by atoms with van der Waals surface area (Å²) in [5, 5.41) is 13.8. The van der Waals surface area contributed by atoms with Crippen LogP contribution in [0.3, 0.4) is 0 Å². The van der Waals surface area contributed by atoms with Crippen molar-refractivity contribution >= 4 is 5.91 Å². The van der Waals surface area contributed by atoms with Crippen molar-refractivity contribution in [3.63, 3.8) is 0 Å². The van der Waals surface area contributed by atoms with Crippen LogP contribution in [-0.4, -0.2) is 25.0 Å². The maximum atomic E-state index is 10.9. The van der Waals surface area contributed by atoms with Crippen LogP contribution < -0.4 is 10.6 Å². The van der Waals surface area contributed by atoms with Gasteiger partial charge < -0.3 is 10.6 Å². The number of nitrogens with one attached hydrogen (secondary N) is 2. The number of hydrogen-bond donors (Lipinski definition) is 2. The summed E-state index contributed by atoms with van der Waals surface area (Å²) in [4.78, 5) is 10.9. The first kappa shape index (κ1) is 10.9. The van der Waals surface area contributed by atoms with E-state index < -0.39 is 0 Å². The monoisotopic (exact) mass is 169 g/mol. The Balaban J connectivity index is 3.29. The first-order valence-corrected chi connectivity index (χ1v) is 4.04. The van der Waals surface area contributed by atoms with Crippen molar-refractivity contribution in [2.24, 2.45) is 0 Å². The van der Waals surface area contributed by atoms with Crippen LogP contribution in [0, 0.1) is 11.3 Å². The van der Waals surface area contributed by atoms with Crippen LogP contribution in [0.25, 0.3) is 0 Å². The van der Waals surface area contributed by atoms with E-state index in [0.717, 1.165) is 0 Å². The van der Waals surface area contributed by atoms with Crippen molar-refractivity contribution in [1.82, 2.24) is 10.6 Å². The van der Waals surface area contributed by atoms with Gasteiger partial charge in [-0.2, -0.15) is 5.26 Å². The van der Waals surface area contributed by atoms with Gasteiger partial charge >= 0.3 is 0 Å². The van der Waals surface area contributed by atoms with Crippen molar-refractivity contribution in [2.45, 2.75) is 26.3 Å². The summed E-state index contributed by atoms with van der Waals surface area (Å²) >= 11 is 0. The van der Waals surface area contributed by atoms with Crippen LogP contribution in [0.5, 0.6) is 0 Å². The number of nitriles is 1. The third-order valence-corrected chi connectivity index (χ3v) is 1.23. The van der Waals surface area contributed by atoms with Crippen LogP contribution in [0.2, 0.25) is 0 Å². The number of nitrogens with zero attached hydrogens (tertiary/aromatic N) is 1. The topological polar surface area (TPSA) is 64.9 Å². The fourth-order valence-electron chi connectivity index (χ4n) is 0.617. The minimum absolute atomic E-state index is 0.0565. The van der Waals surface area contributed by atoms with Gasteiger partial charge in [-0.1, -0.05) is 13.8 Å². The van der Waals surface area contributed by atoms with Crippen LogP contribution in [-0.2, 0) is 4.79 Å². The molecular weight excluding hydrogens is 154 g/mol. The van der Waals surface area contributed by atoms with Gasteiger partial charge in [-0.25, -0.2) is 0 Å². The molecule has 0 aromatic rings. The van der Waals surface area contributed by atoms with E-state index in [2.05, 4.69) is 10.6 Å². The molecule has 0 atom stereocenters. The maximum Gasteiger partial charge on any atom is 0.233 e. The van der Waals surface area contributed by atoms with Crippen molar-refractivity contribution in [3.8, 4) is 6.07 Å². The molecule has 0 bridgehead atoms. The van der Waals surface area contributed by atoms with Gasteiger partial charge in [0.05, 0.1) is 19.0 Å². The highest BCUT2D eigenvalue weighted by Gasteiger charge is 1.99. The lowest BCUT2D eigenvalue weighted by molar-refractivity contribution is -0.120. The number of amides is 1. The van der Waals surface area contributed by atoms with Gasteiger partial charge in [0.2, 0.25) is 5.91 Å². The minimum Gasteiger partial charge on any atom is -0.354 e. The highest BCUT2D eigenvalue weighted by molar-refractivity contribution is 5.77. The van der Waals surface area contributed by atoms with E-state index in [-0.39, 0.29) is 5.91 Å². The van der Waals surface area contributed by atoms with E-state index in [1.165, 1.54) is 0 Å². The summed E-state index contributed by atoms with van der Waals surface area (Å²) < 4.78 is 0. The van der Waals surface area contributed by atoms with Crippen LogP contribution >= 0.6 is 0 Å². The Morgan fingerprint density at radius 1 is 1.58 bits per heavy atom. The molecule has 4 nitrogen and oxygen atoms in total. The first-order chi connectivity index (χ1) is 5.66. The van der Waals surface area contributed by atoms with Crippen molar-refractivity contribution < 1.29 is 4.79 Å². The largest absolute Gasteiger partial charge is 0.354 e. The molecule has 0 aliphatic heterocycles. The zero-order chi connectivity index (χ0) is 9.40. The average molecular weight is 169 g/mol. The molecule has 0 aromatic carbocycles. The second kappa shape index (κ2) is 6.62. The first-order valence-electron chi connectivity index (χ1n) is 4.04. The molecule has 0 radical (unpaired) electrons. The van der Waals surface area contributed by atoms with Crippen molar-refractivity contribution in [2.75, 3.05) is 13.1 Å². The van der Waals surface area contributed by atoms with Gasteiger partial charge in [-0.15, -0.1) is 0 Å². The third-order valence-electron chi connectivity index (χ3n) is 1.23. The molecule has 0 saturated heterocycles. The van der Waals surface area contributed by atoms with Gasteiger partial charge in [-0.3, -0.25) is 4.79 Å². The van der Waals surface area contributed by atoms with Crippen molar-refractivity contribution in [3.05, 3.63) is 0 Å². The molecule has 0 spiro atoms. The second-order valence-corrected chi connectivity index (χ2v) is 2.79. The van der Waals surface area contributed by atoms with Gasteiger partial charge in [0, 0.05) is 12.6 Å². The molecule has 4 heteroatoms. The standard InChI is InChI=1S/C8H15N3O/c1-7(2)11-6-8(12)10-5-3-4-9/h7,11H,3,5-6H2,1-2H3,(H,10,12). The van der Waals surface area contributed by atoms with Gasteiger partial charge in [0.15, 0.2) is 0 Å². The SMILES string of the molecule is CC(C)NCC(=O)NCCC#N. The van der Waals surface area contributed by atoms with E-state index in [4.69, 9.17) is 5.26 Å². The van der Waals surface area contributed by atoms with E-state index in [1.807, 2.05) is 19.9 Å². The number of carbonyl (C=O) groups excluding carboxylic acids is 1. The molecule has 0 aromatic heterocycles. The maximum absolute atomic E-state index is 10.9. The van der Waals surface area contributed by atoms with Crippen LogP contribution in [0.4, 0.5) is 0 Å². The molecule has 1 amide bonds. The zero-order valence-electron chi connectivity index (χ0n) is 7.55. The summed E-state index contributed by atoms with van der Waals surface area (Å²) in [6, 6.07) is 2.26. The molecule has 0 aliphatic carbocycles. The summed E-state index contributed by atoms with van der Waals surface area (Å²) in [5.41, 5.74) is 0. The molecule has 0 rings (SSSR count). The third kappa shape index (κ3) is 7.03. The van der Waals surface area contributed by atoms with E-state index in [9.17, 15) is 4.79 Å². The summed E-state index contributed by atoms with van der Waals surface area (Å²) in [7, 11) is 0. The Labute approximate surface area is 72.9 Å². The highest BCUT2D eigenvalue weighted by Crippen LogP contribution is 1.75. The highest BCUT2D eigenvalue weighted by atomic mass is 16.1. The van der Waals surface area contributed by atoms with Gasteiger partial charge in [0.1, 0.15) is 0 Å². The van der Waals surface area contributed by atoms with Crippen molar-refractivity contribution in [1.29, 1.82) is 5.26 Å². The van der Waals surface area contributed by atoms with Crippen LogP contribution in [0.15, 0.2) is 0 Å². The average Bonchev–Trinajstić information content (AvgIpc) is 2.01. The molecule has 2 N–H and O–H groups in total. The lowest BCUT2D eigenvalue weighted by Crippen LogP contribution is -2.37. The predicted octanol–water partition coefficient (Wildman–Crippen LogP) is 0.0143. The Kier molecular flexibility index (Phi) is 6.02. The Hall–Kier alpha value is -1.08. The number of carbonyl (C=O) groups is 1. The molecular formula is C8H15N3O. The van der Waals surface area contributed by atoms with Gasteiger partial charge in [-0.05, 0) is 0 Å². The quantitative estimate of drug-likeness (QED) is 0.570. The Morgan fingerprint density at radius 2 is 2.25 bits per heavy atom.